The van der Waals surface area contributed by atoms with Gasteiger partial charge < -0.3 is 9.80 Å². The standard InChI is InChI=1S/C47H82N2O/c1-6-8-10-12-18-24-30-45-43(28-22-11-9-7-2)35-36-44(29-23-17-13-15-20-26-38-48-40(3)32-33-41(48)4)46(45)31-25-19-14-16-21-27-39-49-42(5)34-37-47(49)50/h34,37,43-46H,3-33,35-36,38-39H2,1-2H3. The molecule has 3 heteroatoms. The number of likely N-dealkylation sites (tertiary alicyclic amines) is 1. The number of nitrogens with zero attached hydrogens (tertiary/aromatic N) is 2. The highest BCUT2D eigenvalue weighted by atomic mass is 16.2. The van der Waals surface area contributed by atoms with Gasteiger partial charge in [-0.05, 0) is 81.1 Å². The predicted octanol–water partition coefficient (Wildman–Crippen LogP) is 14.5. The van der Waals surface area contributed by atoms with Gasteiger partial charge >= 0.3 is 0 Å². The van der Waals surface area contributed by atoms with E-state index in [0.29, 0.717) is 0 Å². The van der Waals surface area contributed by atoms with Gasteiger partial charge in [0.15, 0.2) is 0 Å². The molecule has 50 heavy (non-hydrogen) atoms. The van der Waals surface area contributed by atoms with Crippen LogP contribution in [-0.2, 0) is 4.79 Å². The van der Waals surface area contributed by atoms with Gasteiger partial charge in [-0.2, -0.15) is 0 Å². The second-order valence-electron chi connectivity index (χ2n) is 16.7. The summed E-state index contributed by atoms with van der Waals surface area (Å²) < 4.78 is 0. The van der Waals surface area contributed by atoms with Crippen LogP contribution in [0.1, 0.15) is 206 Å². The van der Waals surface area contributed by atoms with Crippen molar-refractivity contribution in [3.63, 3.8) is 0 Å². The van der Waals surface area contributed by atoms with Gasteiger partial charge in [0.2, 0.25) is 0 Å². The average molecular weight is 691 g/mol. The SMILES string of the molecule is C=C1C=CC(=O)N1CCCCCCCCC1C(CCCCCCCCN2C(=C)CCC2=C)CCC(CCCCCC)C1CCCCCCCC. The van der Waals surface area contributed by atoms with E-state index in [1.165, 1.54) is 185 Å². The highest BCUT2D eigenvalue weighted by Gasteiger charge is 2.37. The van der Waals surface area contributed by atoms with E-state index < -0.39 is 0 Å². The van der Waals surface area contributed by atoms with Crippen molar-refractivity contribution in [2.45, 2.75) is 206 Å². The van der Waals surface area contributed by atoms with Crippen molar-refractivity contribution < 1.29 is 4.79 Å². The lowest BCUT2D eigenvalue weighted by Crippen LogP contribution is -2.35. The normalized spacial score (nSPS) is 22.5. The second kappa shape index (κ2) is 26.1. The Bertz CT molecular complexity index is 961. The third-order valence-electron chi connectivity index (χ3n) is 12.9. The van der Waals surface area contributed by atoms with Crippen molar-refractivity contribution >= 4 is 5.91 Å². The predicted molar refractivity (Wildman–Crippen MR) is 219 cm³/mol. The summed E-state index contributed by atoms with van der Waals surface area (Å²) in [4.78, 5) is 16.2. The molecule has 0 spiro atoms. The van der Waals surface area contributed by atoms with Crippen LogP contribution in [0.5, 0.6) is 0 Å². The maximum Gasteiger partial charge on any atom is 0.251 e. The number of rotatable bonds is 30. The zero-order chi connectivity index (χ0) is 35.8. The molecule has 4 unspecified atom stereocenters. The highest BCUT2D eigenvalue weighted by Crippen LogP contribution is 2.48. The summed E-state index contributed by atoms with van der Waals surface area (Å²) in [5.41, 5.74) is 3.43. The first kappa shape index (κ1) is 42.6. The number of hydrogen-bond acceptors (Lipinski definition) is 2. The molecule has 3 aliphatic rings. The van der Waals surface area contributed by atoms with E-state index in [4.69, 9.17) is 0 Å². The number of hydrogen-bond donors (Lipinski definition) is 0. The molecule has 2 fully saturated rings. The van der Waals surface area contributed by atoms with Gasteiger partial charge in [-0.1, -0.05) is 175 Å². The van der Waals surface area contributed by atoms with Gasteiger partial charge in [-0.3, -0.25) is 4.79 Å². The average Bonchev–Trinajstić information content (AvgIpc) is 3.61. The first-order valence-corrected chi connectivity index (χ1v) is 22.3. The van der Waals surface area contributed by atoms with Crippen molar-refractivity contribution in [3.05, 3.63) is 49.0 Å². The minimum Gasteiger partial charge on any atom is -0.350 e. The molecule has 1 aliphatic carbocycles. The third kappa shape index (κ3) is 15.9. The smallest absolute Gasteiger partial charge is 0.251 e. The van der Waals surface area contributed by atoms with Gasteiger partial charge in [-0.25, -0.2) is 0 Å². The van der Waals surface area contributed by atoms with Crippen molar-refractivity contribution in [2.24, 2.45) is 23.7 Å². The monoisotopic (exact) mass is 691 g/mol. The molecule has 3 nitrogen and oxygen atoms in total. The van der Waals surface area contributed by atoms with Crippen molar-refractivity contribution in [1.29, 1.82) is 0 Å². The third-order valence-corrected chi connectivity index (χ3v) is 12.9. The Hall–Kier alpha value is -1.77. The molecule has 1 saturated heterocycles. The molecular formula is C47H82N2O. The number of carbonyl (C=O) groups is 1. The summed E-state index contributed by atoms with van der Waals surface area (Å²) in [7, 11) is 0. The Morgan fingerprint density at radius 1 is 0.500 bits per heavy atom. The fourth-order valence-corrected chi connectivity index (χ4v) is 9.75. The molecule has 1 saturated carbocycles. The molecule has 4 atom stereocenters. The fraction of sp³-hybridized carbons (Fsp3) is 0.809. The van der Waals surface area contributed by atoms with E-state index in [2.05, 4.69) is 38.5 Å². The minimum absolute atomic E-state index is 0.114. The first-order valence-electron chi connectivity index (χ1n) is 22.3. The maximum absolute atomic E-state index is 12.0. The van der Waals surface area contributed by atoms with E-state index in [-0.39, 0.29) is 5.91 Å². The Balaban J connectivity index is 1.45. The van der Waals surface area contributed by atoms with Crippen LogP contribution in [0, 0.1) is 23.7 Å². The number of carbonyl (C=O) groups excluding carboxylic acids is 1. The lowest BCUT2D eigenvalue weighted by atomic mass is 9.61. The second-order valence-corrected chi connectivity index (χ2v) is 16.7. The van der Waals surface area contributed by atoms with Crippen LogP contribution in [0.25, 0.3) is 0 Å². The van der Waals surface area contributed by atoms with Crippen LogP contribution >= 0.6 is 0 Å². The van der Waals surface area contributed by atoms with E-state index in [1.54, 1.807) is 6.08 Å². The van der Waals surface area contributed by atoms with Crippen LogP contribution in [-0.4, -0.2) is 28.8 Å². The van der Waals surface area contributed by atoms with E-state index in [1.807, 2.05) is 11.0 Å². The van der Waals surface area contributed by atoms with Gasteiger partial charge in [0.1, 0.15) is 0 Å². The van der Waals surface area contributed by atoms with E-state index in [9.17, 15) is 4.79 Å². The lowest BCUT2D eigenvalue weighted by molar-refractivity contribution is -0.123. The van der Waals surface area contributed by atoms with E-state index >= 15 is 0 Å². The molecule has 0 aromatic heterocycles. The summed E-state index contributed by atoms with van der Waals surface area (Å²) >= 11 is 0. The topological polar surface area (TPSA) is 23.6 Å². The molecule has 0 radical (unpaired) electrons. The molecule has 0 bridgehead atoms. The van der Waals surface area contributed by atoms with Gasteiger partial charge in [0.25, 0.3) is 5.91 Å². The first-order chi connectivity index (χ1) is 24.5. The van der Waals surface area contributed by atoms with Gasteiger partial charge in [0, 0.05) is 36.3 Å². The fourth-order valence-electron chi connectivity index (χ4n) is 9.75. The number of allylic oxidation sites excluding steroid dienone is 3. The summed E-state index contributed by atoms with van der Waals surface area (Å²) in [6.45, 7) is 19.2. The minimum atomic E-state index is 0.114. The molecule has 3 rings (SSSR count). The molecule has 2 aliphatic heterocycles. The Morgan fingerprint density at radius 2 is 0.880 bits per heavy atom. The Morgan fingerprint density at radius 3 is 1.32 bits per heavy atom. The van der Waals surface area contributed by atoms with Crippen LogP contribution in [0.2, 0.25) is 0 Å². The quantitative estimate of drug-likeness (QED) is 0.0701. The maximum atomic E-state index is 12.0. The summed E-state index contributed by atoms with van der Waals surface area (Å²) in [6, 6.07) is 0. The van der Waals surface area contributed by atoms with Crippen LogP contribution in [0.3, 0.4) is 0 Å². The highest BCUT2D eigenvalue weighted by molar-refractivity contribution is 5.92. The van der Waals surface area contributed by atoms with Crippen LogP contribution < -0.4 is 0 Å². The van der Waals surface area contributed by atoms with Crippen molar-refractivity contribution in [1.82, 2.24) is 9.80 Å². The van der Waals surface area contributed by atoms with E-state index in [0.717, 1.165) is 61.7 Å². The van der Waals surface area contributed by atoms with Crippen molar-refractivity contribution in [2.75, 3.05) is 13.1 Å². The Kier molecular flexibility index (Phi) is 22.2. The molecule has 0 aromatic carbocycles. The molecule has 0 aromatic rings. The largest absolute Gasteiger partial charge is 0.350 e. The number of amides is 1. The van der Waals surface area contributed by atoms with Crippen LogP contribution in [0.15, 0.2) is 49.0 Å². The summed E-state index contributed by atoms with van der Waals surface area (Å²) in [5, 5.41) is 0. The summed E-state index contributed by atoms with van der Waals surface area (Å²) in [5.74, 6) is 4.03. The summed E-state index contributed by atoms with van der Waals surface area (Å²) in [6.07, 6.45) is 45.2. The number of unbranched alkanes of at least 4 members (excludes halogenated alkanes) is 18. The molecule has 1 amide bonds. The van der Waals surface area contributed by atoms with Crippen LogP contribution in [0.4, 0.5) is 0 Å². The van der Waals surface area contributed by atoms with Crippen molar-refractivity contribution in [3.8, 4) is 0 Å². The molecule has 286 valence electrons. The Labute approximate surface area is 311 Å². The molecular weight excluding hydrogens is 609 g/mol. The lowest BCUT2D eigenvalue weighted by Gasteiger charge is -2.44. The molecule has 0 N–H and O–H groups in total. The zero-order valence-corrected chi connectivity index (χ0v) is 33.5. The zero-order valence-electron chi connectivity index (χ0n) is 33.5. The molecule has 2 heterocycles. The van der Waals surface area contributed by atoms with Gasteiger partial charge in [0.05, 0.1) is 0 Å². The van der Waals surface area contributed by atoms with Gasteiger partial charge in [-0.15, -0.1) is 0 Å².